The van der Waals surface area contributed by atoms with Crippen LogP contribution in [-0.4, -0.2) is 68.1 Å². The van der Waals surface area contributed by atoms with Crippen LogP contribution in [0.4, 0.5) is 4.39 Å². The molecule has 10 nitrogen and oxygen atoms in total. The third-order valence-electron chi connectivity index (χ3n) is 7.81. The minimum absolute atomic E-state index is 0. The summed E-state index contributed by atoms with van der Waals surface area (Å²) in [5.41, 5.74) is 8.20. The molecule has 5 aliphatic rings. The van der Waals surface area contributed by atoms with Crippen molar-refractivity contribution in [3.8, 4) is 17.2 Å². The number of amides is 3. The second-order valence-electron chi connectivity index (χ2n) is 10.9. The smallest absolute Gasteiger partial charge is 0.258 e. The number of likely N-dealkylation sites (tertiary alicyclic amines) is 1. The van der Waals surface area contributed by atoms with E-state index in [1.54, 1.807) is 18.2 Å². The highest BCUT2D eigenvalue weighted by atomic mass is 35.5. The summed E-state index contributed by atoms with van der Waals surface area (Å²) in [5, 5.41) is 5.91. The molecule has 4 N–H and O–H groups in total. The molecule has 1 saturated heterocycles. The maximum absolute atomic E-state index is 14.7. The molecule has 4 bridgehead atoms. The topological polar surface area (TPSA) is 132 Å². The van der Waals surface area contributed by atoms with Crippen LogP contribution >= 0.6 is 12.4 Å². The lowest BCUT2D eigenvalue weighted by atomic mass is 9.99. The minimum Gasteiger partial charge on any atom is -0.493 e. The predicted octanol–water partition coefficient (Wildman–Crippen LogP) is 3.18. The van der Waals surface area contributed by atoms with Gasteiger partial charge in [-0.25, -0.2) is 4.39 Å². The molecule has 3 amide bonds. The Morgan fingerprint density at radius 1 is 1.04 bits per heavy atom. The number of carbonyl (C=O) groups excluding carboxylic acids is 3. The Morgan fingerprint density at radius 3 is 2.58 bits per heavy atom. The van der Waals surface area contributed by atoms with Gasteiger partial charge in [0.15, 0.2) is 18.1 Å². The molecular formula is C33H38ClFN4O6. The van der Waals surface area contributed by atoms with E-state index in [1.165, 1.54) is 24.1 Å². The van der Waals surface area contributed by atoms with E-state index < -0.39 is 29.8 Å². The van der Waals surface area contributed by atoms with E-state index >= 15 is 0 Å². The summed E-state index contributed by atoms with van der Waals surface area (Å²) in [5.74, 6) is -0.163. The molecular weight excluding hydrogens is 603 g/mol. The van der Waals surface area contributed by atoms with Crippen molar-refractivity contribution in [3.63, 3.8) is 0 Å². The number of benzene rings is 3. The van der Waals surface area contributed by atoms with Crippen molar-refractivity contribution in [1.29, 1.82) is 0 Å². The number of nitrogens with two attached hydrogens (primary N) is 1. The Labute approximate surface area is 267 Å². The van der Waals surface area contributed by atoms with E-state index in [4.69, 9.17) is 19.9 Å². The Balaban J connectivity index is 0.00000461. The highest BCUT2D eigenvalue weighted by Gasteiger charge is 2.35. The van der Waals surface area contributed by atoms with Crippen molar-refractivity contribution in [2.75, 3.05) is 33.4 Å². The van der Waals surface area contributed by atoms with E-state index in [9.17, 15) is 18.8 Å². The fourth-order valence-electron chi connectivity index (χ4n) is 5.41. The average molecular weight is 641 g/mol. The van der Waals surface area contributed by atoms with Crippen molar-refractivity contribution in [1.82, 2.24) is 15.5 Å². The van der Waals surface area contributed by atoms with Crippen LogP contribution in [0.5, 0.6) is 17.2 Å². The van der Waals surface area contributed by atoms with Gasteiger partial charge in [-0.1, -0.05) is 24.3 Å². The molecule has 0 aliphatic carbocycles. The molecule has 3 aromatic rings. The van der Waals surface area contributed by atoms with Gasteiger partial charge in [-0.3, -0.25) is 14.4 Å². The molecule has 240 valence electrons. The quantitative estimate of drug-likeness (QED) is 0.399. The lowest BCUT2D eigenvalue weighted by Gasteiger charge is -2.39. The molecule has 0 saturated carbocycles. The van der Waals surface area contributed by atoms with E-state index in [-0.39, 0.29) is 37.0 Å². The molecule has 45 heavy (non-hydrogen) atoms. The van der Waals surface area contributed by atoms with Gasteiger partial charge >= 0.3 is 0 Å². The molecule has 5 heterocycles. The third kappa shape index (κ3) is 8.64. The van der Waals surface area contributed by atoms with Crippen molar-refractivity contribution < 1.29 is 33.0 Å². The number of carbonyl (C=O) groups is 3. The van der Waals surface area contributed by atoms with E-state index in [2.05, 4.69) is 10.6 Å². The Hall–Kier alpha value is -4.35. The zero-order valence-corrected chi connectivity index (χ0v) is 25.9. The number of nitrogens with one attached hydrogen (secondary N) is 2. The molecule has 5 aliphatic heterocycles. The van der Waals surface area contributed by atoms with Crippen molar-refractivity contribution in [2.45, 2.75) is 44.4 Å². The Morgan fingerprint density at radius 2 is 1.82 bits per heavy atom. The maximum atomic E-state index is 14.7. The molecule has 2 atom stereocenters. The van der Waals surface area contributed by atoms with Crippen LogP contribution in [0.1, 0.15) is 39.9 Å². The largest absolute Gasteiger partial charge is 0.493 e. The maximum Gasteiger partial charge on any atom is 0.258 e. The molecule has 8 rings (SSSR count). The number of hydrogen-bond acceptors (Lipinski definition) is 7. The lowest BCUT2D eigenvalue weighted by molar-refractivity contribution is -0.125. The zero-order valence-electron chi connectivity index (χ0n) is 25.1. The minimum atomic E-state index is -0.612. The normalized spacial score (nSPS) is 18.8. The number of ether oxygens (including phenoxy) is 3. The molecule has 1 fully saturated rings. The number of rotatable bonds is 4. The van der Waals surface area contributed by atoms with Gasteiger partial charge in [-0.2, -0.15) is 0 Å². The van der Waals surface area contributed by atoms with E-state index in [0.717, 1.165) is 16.7 Å². The first kappa shape index (κ1) is 33.5. The molecule has 0 spiro atoms. The van der Waals surface area contributed by atoms with Crippen LogP contribution in [-0.2, 0) is 29.0 Å². The van der Waals surface area contributed by atoms with Crippen LogP contribution in [0.15, 0.2) is 60.7 Å². The van der Waals surface area contributed by atoms with Gasteiger partial charge in [0.25, 0.3) is 11.8 Å². The molecule has 12 heteroatoms. The Kier molecular flexibility index (Phi) is 11.6. The number of nitrogens with zero attached hydrogens (tertiary/aromatic N) is 1. The summed E-state index contributed by atoms with van der Waals surface area (Å²) in [6.45, 7) is 0.861. The average Bonchev–Trinajstić information content (AvgIpc) is 3.03. The Bertz CT molecular complexity index is 1510. The number of piperidine rings is 1. The fraction of sp³-hybridized carbons (Fsp3) is 0.364. The van der Waals surface area contributed by atoms with Gasteiger partial charge in [-0.15, -0.1) is 12.4 Å². The summed E-state index contributed by atoms with van der Waals surface area (Å²) in [6, 6.07) is 16.5. The van der Waals surface area contributed by atoms with Crippen molar-refractivity contribution in [3.05, 3.63) is 88.7 Å². The SMILES string of the molecule is COc1cc2ccc1OCC(=O)N[C@@H]1CN(C(=O)c3cc(CCN)ccc3F)CC[C@H]1Oc1ccc(cc1)CNC(=O)CC2.Cl. The molecule has 0 aromatic heterocycles. The third-order valence-corrected chi connectivity index (χ3v) is 7.81. The first-order valence-corrected chi connectivity index (χ1v) is 14.7. The number of methoxy groups -OCH3 is 1. The monoisotopic (exact) mass is 640 g/mol. The van der Waals surface area contributed by atoms with Crippen LogP contribution in [0.2, 0.25) is 0 Å². The summed E-state index contributed by atoms with van der Waals surface area (Å²) in [4.78, 5) is 40.6. The molecule has 0 radical (unpaired) electrons. The zero-order chi connectivity index (χ0) is 31.1. The summed E-state index contributed by atoms with van der Waals surface area (Å²) >= 11 is 0. The lowest BCUT2D eigenvalue weighted by Crippen LogP contribution is -2.58. The van der Waals surface area contributed by atoms with Gasteiger partial charge in [0.2, 0.25) is 5.91 Å². The molecule has 3 aromatic carbocycles. The van der Waals surface area contributed by atoms with Crippen LogP contribution in [0, 0.1) is 5.82 Å². The van der Waals surface area contributed by atoms with Crippen molar-refractivity contribution in [2.24, 2.45) is 5.73 Å². The van der Waals surface area contributed by atoms with Gasteiger partial charge in [-0.05, 0) is 72.5 Å². The fourth-order valence-corrected chi connectivity index (χ4v) is 5.41. The van der Waals surface area contributed by atoms with E-state index in [1.807, 2.05) is 30.3 Å². The molecule has 0 unspecified atom stereocenters. The summed E-state index contributed by atoms with van der Waals surface area (Å²) < 4.78 is 32.3. The van der Waals surface area contributed by atoms with E-state index in [0.29, 0.717) is 62.6 Å². The van der Waals surface area contributed by atoms with Gasteiger partial charge < -0.3 is 35.5 Å². The number of halogens is 2. The number of aryl methyl sites for hydroxylation is 1. The predicted molar refractivity (Wildman–Crippen MR) is 168 cm³/mol. The standard InChI is InChI=1S/C33H37FN4O6.ClH/c1-42-30-17-21-5-10-29(30)43-20-32(40)37-27-19-38(33(41)25-16-22(12-14-35)4-9-26(25)34)15-13-28(27)44-24-7-2-23(3-8-24)18-36-31(39)11-6-21;/h2-5,7-10,16-17,27-28H,6,11-15,18-20,35H2,1H3,(H,36,39)(H,37,40);1H/t27-,28-;/m1./s1. The van der Waals surface area contributed by atoms with Gasteiger partial charge in [0, 0.05) is 32.5 Å². The van der Waals surface area contributed by atoms with Gasteiger partial charge in [0.05, 0.1) is 18.7 Å². The number of hydrogen-bond donors (Lipinski definition) is 3. The van der Waals surface area contributed by atoms with Gasteiger partial charge in [0.1, 0.15) is 17.7 Å². The summed E-state index contributed by atoms with van der Waals surface area (Å²) in [6.07, 6.45) is 1.26. The second kappa shape index (κ2) is 15.6. The highest BCUT2D eigenvalue weighted by Crippen LogP contribution is 2.29. The van der Waals surface area contributed by atoms with Crippen LogP contribution in [0.3, 0.4) is 0 Å². The second-order valence-corrected chi connectivity index (χ2v) is 10.9. The van der Waals surface area contributed by atoms with Crippen LogP contribution < -0.4 is 30.6 Å². The van der Waals surface area contributed by atoms with Crippen molar-refractivity contribution >= 4 is 30.1 Å². The first-order valence-electron chi connectivity index (χ1n) is 14.7. The summed E-state index contributed by atoms with van der Waals surface area (Å²) in [7, 11) is 1.51. The van der Waals surface area contributed by atoms with Crippen LogP contribution in [0.25, 0.3) is 0 Å². The first-order chi connectivity index (χ1) is 21.3. The highest BCUT2D eigenvalue weighted by molar-refractivity contribution is 5.95.